The Morgan fingerprint density at radius 2 is 1.88 bits per heavy atom. The quantitative estimate of drug-likeness (QED) is 0.756. The van der Waals surface area contributed by atoms with Crippen molar-refractivity contribution in [2.45, 2.75) is 32.0 Å². The van der Waals surface area contributed by atoms with Crippen molar-refractivity contribution >= 4 is 12.1 Å². The Hall–Kier alpha value is -2.25. The molecule has 1 aliphatic heterocycles. The van der Waals surface area contributed by atoms with Crippen LogP contribution in [0.5, 0.6) is 0 Å². The maximum Gasteiger partial charge on any atom is 0.416 e. The predicted octanol–water partition coefficient (Wildman–Crippen LogP) is 3.71. The van der Waals surface area contributed by atoms with Gasteiger partial charge in [-0.1, -0.05) is 12.1 Å². The van der Waals surface area contributed by atoms with Crippen LogP contribution in [0.2, 0.25) is 0 Å². The number of amides is 1. The molecule has 0 aliphatic carbocycles. The number of rotatable bonds is 2. The lowest BCUT2D eigenvalue weighted by Gasteiger charge is -2.38. The highest BCUT2D eigenvalue weighted by Gasteiger charge is 2.38. The minimum atomic E-state index is -4.44. The van der Waals surface area contributed by atoms with Gasteiger partial charge >= 0.3 is 18.2 Å². The number of hydrogen-bond acceptors (Lipinski definition) is 4. The van der Waals surface area contributed by atoms with Gasteiger partial charge in [-0.3, -0.25) is 4.79 Å². The van der Waals surface area contributed by atoms with Crippen LogP contribution in [0.15, 0.2) is 18.2 Å². The normalized spacial score (nSPS) is 21.0. The first-order valence-corrected chi connectivity index (χ1v) is 7.79. The Bertz CT molecular complexity index is 660. The molecule has 0 saturated carbocycles. The standard InChI is InChI=1S/C17H20F3NO4/c1-10-8-11(4-5-13(10)17(18,19)20)14-9-12(15(22)24-2)6-7-21(14)16(23)25-3/h4-5,8,12,14H,6-7,9H2,1-3H3. The summed E-state index contributed by atoms with van der Waals surface area (Å²) in [4.78, 5) is 25.3. The number of carbonyl (C=O) groups excluding carboxylic acids is 2. The zero-order valence-corrected chi connectivity index (χ0v) is 14.2. The molecule has 5 nitrogen and oxygen atoms in total. The number of esters is 1. The van der Waals surface area contributed by atoms with Gasteiger partial charge in [0.2, 0.25) is 0 Å². The molecule has 0 bridgehead atoms. The van der Waals surface area contributed by atoms with Crippen molar-refractivity contribution in [2.75, 3.05) is 20.8 Å². The Kier molecular flexibility index (Phi) is 5.59. The number of methoxy groups -OCH3 is 2. The molecule has 25 heavy (non-hydrogen) atoms. The lowest BCUT2D eigenvalue weighted by atomic mass is 9.86. The molecule has 1 fully saturated rings. The fraction of sp³-hybridized carbons (Fsp3) is 0.529. The summed E-state index contributed by atoms with van der Waals surface area (Å²) in [5.41, 5.74) is -0.124. The van der Waals surface area contributed by atoms with Crippen LogP contribution < -0.4 is 0 Å². The highest BCUT2D eigenvalue weighted by atomic mass is 19.4. The summed E-state index contributed by atoms with van der Waals surface area (Å²) in [6.45, 7) is 1.63. The van der Waals surface area contributed by atoms with Gasteiger partial charge in [0.25, 0.3) is 0 Å². The van der Waals surface area contributed by atoms with Crippen molar-refractivity contribution in [3.05, 3.63) is 34.9 Å². The number of alkyl halides is 3. The molecule has 1 aromatic rings. The average molecular weight is 359 g/mol. The second kappa shape index (κ2) is 7.33. The topological polar surface area (TPSA) is 55.8 Å². The van der Waals surface area contributed by atoms with Gasteiger partial charge in [-0.15, -0.1) is 0 Å². The first-order valence-electron chi connectivity index (χ1n) is 7.79. The molecule has 1 amide bonds. The monoisotopic (exact) mass is 359 g/mol. The van der Waals surface area contributed by atoms with E-state index < -0.39 is 35.8 Å². The van der Waals surface area contributed by atoms with Crippen molar-refractivity contribution in [3.63, 3.8) is 0 Å². The smallest absolute Gasteiger partial charge is 0.416 e. The summed E-state index contributed by atoms with van der Waals surface area (Å²) in [7, 11) is 2.52. The molecular weight excluding hydrogens is 339 g/mol. The second-order valence-corrected chi connectivity index (χ2v) is 6.00. The van der Waals surface area contributed by atoms with Crippen molar-refractivity contribution in [3.8, 4) is 0 Å². The van der Waals surface area contributed by atoms with Crippen molar-refractivity contribution in [1.82, 2.24) is 4.90 Å². The van der Waals surface area contributed by atoms with E-state index in [-0.39, 0.29) is 18.5 Å². The largest absolute Gasteiger partial charge is 0.469 e. The molecule has 0 N–H and O–H groups in total. The second-order valence-electron chi connectivity index (χ2n) is 6.00. The molecule has 1 heterocycles. The number of aryl methyl sites for hydroxylation is 1. The summed E-state index contributed by atoms with van der Waals surface area (Å²) in [5.74, 6) is -0.809. The number of carbonyl (C=O) groups is 2. The van der Waals surface area contributed by atoms with Gasteiger partial charge in [-0.05, 0) is 37.0 Å². The predicted molar refractivity (Wildman–Crippen MR) is 82.8 cm³/mol. The lowest BCUT2D eigenvalue weighted by Crippen LogP contribution is -2.42. The first kappa shape index (κ1) is 19.1. The number of nitrogens with zero attached hydrogens (tertiary/aromatic N) is 1. The fourth-order valence-corrected chi connectivity index (χ4v) is 3.21. The van der Waals surface area contributed by atoms with Crippen LogP contribution >= 0.6 is 0 Å². The minimum absolute atomic E-state index is 0.0648. The number of likely N-dealkylation sites (tertiary alicyclic amines) is 1. The van der Waals surface area contributed by atoms with E-state index in [0.29, 0.717) is 12.0 Å². The zero-order valence-electron chi connectivity index (χ0n) is 14.2. The summed E-state index contributed by atoms with van der Waals surface area (Å²) in [5, 5.41) is 0. The third kappa shape index (κ3) is 4.05. The maximum atomic E-state index is 13.0. The summed E-state index contributed by atoms with van der Waals surface area (Å²) in [6, 6.07) is 3.20. The van der Waals surface area contributed by atoms with Crippen LogP contribution in [0.4, 0.5) is 18.0 Å². The Morgan fingerprint density at radius 3 is 2.40 bits per heavy atom. The SMILES string of the molecule is COC(=O)C1CCN(C(=O)OC)C(c2ccc(C(F)(F)F)c(C)c2)C1. The lowest BCUT2D eigenvalue weighted by molar-refractivity contribution is -0.147. The van der Waals surface area contributed by atoms with E-state index in [2.05, 4.69) is 0 Å². The number of hydrogen-bond donors (Lipinski definition) is 0. The van der Waals surface area contributed by atoms with Crippen molar-refractivity contribution in [2.24, 2.45) is 5.92 Å². The Labute approximate surface area is 143 Å². The van der Waals surface area contributed by atoms with Crippen LogP contribution in [0, 0.1) is 12.8 Å². The van der Waals surface area contributed by atoms with Gasteiger partial charge in [0.15, 0.2) is 0 Å². The third-order valence-corrected chi connectivity index (χ3v) is 4.49. The van der Waals surface area contributed by atoms with Crippen LogP contribution in [-0.2, 0) is 20.4 Å². The molecule has 138 valence electrons. The highest BCUT2D eigenvalue weighted by Crippen LogP contribution is 2.38. The fourth-order valence-electron chi connectivity index (χ4n) is 3.21. The highest BCUT2D eigenvalue weighted by molar-refractivity contribution is 5.74. The number of benzene rings is 1. The average Bonchev–Trinajstić information content (AvgIpc) is 2.58. The van der Waals surface area contributed by atoms with Crippen LogP contribution in [0.3, 0.4) is 0 Å². The summed E-state index contributed by atoms with van der Waals surface area (Å²) < 4.78 is 48.4. The van der Waals surface area contributed by atoms with Gasteiger partial charge < -0.3 is 14.4 Å². The molecule has 1 saturated heterocycles. The number of ether oxygens (including phenoxy) is 2. The summed E-state index contributed by atoms with van der Waals surface area (Å²) >= 11 is 0. The van der Waals surface area contributed by atoms with Gasteiger partial charge in [0.1, 0.15) is 0 Å². The molecule has 0 aromatic heterocycles. The van der Waals surface area contributed by atoms with Crippen LogP contribution in [0.25, 0.3) is 0 Å². The molecule has 1 aromatic carbocycles. The summed E-state index contributed by atoms with van der Waals surface area (Å²) in [6.07, 6.45) is -4.33. The van der Waals surface area contributed by atoms with E-state index >= 15 is 0 Å². The molecule has 1 aliphatic rings. The zero-order chi connectivity index (χ0) is 18.8. The molecule has 2 rings (SSSR count). The van der Waals surface area contributed by atoms with E-state index in [4.69, 9.17) is 9.47 Å². The number of halogens is 3. The Balaban J connectivity index is 2.37. The molecular formula is C17H20F3NO4. The molecule has 8 heteroatoms. The third-order valence-electron chi connectivity index (χ3n) is 4.49. The van der Waals surface area contributed by atoms with E-state index in [1.807, 2.05) is 0 Å². The molecule has 2 unspecified atom stereocenters. The van der Waals surface area contributed by atoms with Gasteiger partial charge in [-0.25, -0.2) is 4.79 Å². The van der Waals surface area contributed by atoms with E-state index in [9.17, 15) is 22.8 Å². The van der Waals surface area contributed by atoms with E-state index in [0.717, 1.165) is 6.07 Å². The molecule has 0 radical (unpaired) electrons. The minimum Gasteiger partial charge on any atom is -0.469 e. The number of piperidine rings is 1. The molecule has 2 atom stereocenters. The van der Waals surface area contributed by atoms with Crippen LogP contribution in [-0.4, -0.2) is 37.7 Å². The Morgan fingerprint density at radius 1 is 1.20 bits per heavy atom. The first-order chi connectivity index (χ1) is 11.7. The molecule has 0 spiro atoms. The van der Waals surface area contributed by atoms with Crippen LogP contribution in [0.1, 0.15) is 35.6 Å². The van der Waals surface area contributed by atoms with Crippen molar-refractivity contribution < 1.29 is 32.2 Å². The van der Waals surface area contributed by atoms with Gasteiger partial charge in [0, 0.05) is 6.54 Å². The van der Waals surface area contributed by atoms with E-state index in [1.54, 1.807) is 0 Å². The van der Waals surface area contributed by atoms with Gasteiger partial charge in [-0.2, -0.15) is 13.2 Å². The van der Waals surface area contributed by atoms with Crippen molar-refractivity contribution in [1.29, 1.82) is 0 Å². The van der Waals surface area contributed by atoms with Gasteiger partial charge in [0.05, 0.1) is 31.7 Å². The maximum absolute atomic E-state index is 13.0. The van der Waals surface area contributed by atoms with E-state index in [1.165, 1.54) is 38.2 Å².